The van der Waals surface area contributed by atoms with Crippen molar-refractivity contribution in [2.24, 2.45) is 5.92 Å². The number of nitrogens with one attached hydrogen (secondary N) is 1. The van der Waals surface area contributed by atoms with Gasteiger partial charge in [0.05, 0.1) is 28.7 Å². The molecule has 144 valence electrons. The summed E-state index contributed by atoms with van der Waals surface area (Å²) in [5.41, 5.74) is 3.83. The lowest BCUT2D eigenvalue weighted by Gasteiger charge is -2.24. The number of rotatable bonds is 5. The van der Waals surface area contributed by atoms with E-state index < -0.39 is 11.9 Å². The van der Waals surface area contributed by atoms with Gasteiger partial charge in [-0.2, -0.15) is 0 Å². The fourth-order valence-corrected chi connectivity index (χ4v) is 4.58. The number of aliphatic carboxylic acids is 1. The van der Waals surface area contributed by atoms with Crippen molar-refractivity contribution in [3.63, 3.8) is 0 Å². The van der Waals surface area contributed by atoms with E-state index in [0.717, 1.165) is 39.9 Å². The highest BCUT2D eigenvalue weighted by Crippen LogP contribution is 2.26. The van der Waals surface area contributed by atoms with Crippen LogP contribution in [0.15, 0.2) is 70.6 Å². The first-order chi connectivity index (χ1) is 13.5. The molecule has 2 unspecified atom stereocenters. The van der Waals surface area contributed by atoms with E-state index in [9.17, 15) is 14.7 Å². The summed E-state index contributed by atoms with van der Waals surface area (Å²) in [5.74, 6) is -1.47. The molecule has 0 fully saturated rings. The molecule has 2 aliphatic rings. The third-order valence-electron chi connectivity index (χ3n) is 5.10. The summed E-state index contributed by atoms with van der Waals surface area (Å²) >= 11 is 1.22. The topological polar surface area (TPSA) is 71.3 Å². The molecule has 2 aromatic rings. The van der Waals surface area contributed by atoms with Gasteiger partial charge in [-0.1, -0.05) is 53.4 Å². The second-order valence-electron chi connectivity index (χ2n) is 7.20. The highest BCUT2D eigenvalue weighted by atomic mass is 32.1. The number of carboxylic acid groups (broad SMARTS) is 1. The van der Waals surface area contributed by atoms with Gasteiger partial charge in [0.2, 0.25) is 0 Å². The molecule has 1 aromatic carbocycles. The summed E-state index contributed by atoms with van der Waals surface area (Å²) < 4.78 is 2.70. The minimum atomic E-state index is -0.855. The van der Waals surface area contributed by atoms with Gasteiger partial charge in [-0.3, -0.25) is 14.2 Å². The molecule has 6 heteroatoms. The van der Waals surface area contributed by atoms with Crippen LogP contribution in [-0.2, 0) is 11.3 Å². The van der Waals surface area contributed by atoms with Crippen molar-refractivity contribution in [1.82, 2.24) is 4.57 Å². The number of fused-ring (bicyclic) bond motifs is 1. The molecule has 0 saturated carbocycles. The van der Waals surface area contributed by atoms with Crippen LogP contribution in [0.1, 0.15) is 19.8 Å². The number of anilines is 1. The van der Waals surface area contributed by atoms with Gasteiger partial charge < -0.3 is 10.4 Å². The van der Waals surface area contributed by atoms with Crippen LogP contribution in [-0.4, -0.2) is 21.7 Å². The van der Waals surface area contributed by atoms with Crippen molar-refractivity contribution in [2.45, 2.75) is 32.4 Å². The fraction of sp³-hybridized carbons (Fsp3) is 0.273. The van der Waals surface area contributed by atoms with Crippen LogP contribution < -0.4 is 10.2 Å². The van der Waals surface area contributed by atoms with Crippen LogP contribution >= 0.6 is 11.3 Å². The number of hydrogen-bond donors (Lipinski definition) is 2. The predicted molar refractivity (Wildman–Crippen MR) is 114 cm³/mol. The molecule has 0 aliphatic heterocycles. The Hall–Kier alpha value is -2.86. The number of thiazole rings is 1. The summed E-state index contributed by atoms with van der Waals surface area (Å²) in [5, 5.41) is 12.8. The average Bonchev–Trinajstić information content (AvgIpc) is 2.98. The molecule has 1 heterocycles. The van der Waals surface area contributed by atoms with Crippen LogP contribution in [0, 0.1) is 5.92 Å². The molecular weight excluding hydrogens is 372 g/mol. The zero-order valence-corrected chi connectivity index (χ0v) is 16.4. The highest BCUT2D eigenvalue weighted by Gasteiger charge is 2.26. The Morgan fingerprint density at radius 2 is 2.18 bits per heavy atom. The SMILES string of the molecule is CC1=CC(C(=O)O)C(Nc2ccc3c(c2)sc(=O)n3CC2=CCCC=C2)C=C1. The average molecular weight is 394 g/mol. The first-order valence-corrected chi connectivity index (χ1v) is 10.2. The Balaban J connectivity index is 1.60. The van der Waals surface area contributed by atoms with Gasteiger partial charge in [0.1, 0.15) is 0 Å². The maximum atomic E-state index is 12.5. The zero-order chi connectivity index (χ0) is 19.7. The van der Waals surface area contributed by atoms with Gasteiger partial charge in [0, 0.05) is 5.69 Å². The third kappa shape index (κ3) is 3.73. The molecule has 2 atom stereocenters. The summed E-state index contributed by atoms with van der Waals surface area (Å²) in [6.07, 6.45) is 14.1. The van der Waals surface area contributed by atoms with Gasteiger partial charge in [-0.05, 0) is 43.5 Å². The highest BCUT2D eigenvalue weighted by molar-refractivity contribution is 7.16. The molecule has 28 heavy (non-hydrogen) atoms. The number of nitrogens with zero attached hydrogens (tertiary/aromatic N) is 1. The lowest BCUT2D eigenvalue weighted by Crippen LogP contribution is -2.33. The lowest BCUT2D eigenvalue weighted by molar-refractivity contribution is -0.140. The van der Waals surface area contributed by atoms with E-state index >= 15 is 0 Å². The fourth-order valence-electron chi connectivity index (χ4n) is 3.65. The molecule has 0 amide bonds. The Morgan fingerprint density at radius 3 is 2.93 bits per heavy atom. The Bertz CT molecular complexity index is 1100. The van der Waals surface area contributed by atoms with E-state index in [2.05, 4.69) is 23.5 Å². The molecule has 0 spiro atoms. The third-order valence-corrected chi connectivity index (χ3v) is 6.04. The monoisotopic (exact) mass is 394 g/mol. The Labute approximate surface area is 167 Å². The van der Waals surface area contributed by atoms with Crippen molar-refractivity contribution in [3.8, 4) is 0 Å². The van der Waals surface area contributed by atoms with Crippen LogP contribution in [0.2, 0.25) is 0 Å². The van der Waals surface area contributed by atoms with E-state index in [-0.39, 0.29) is 10.9 Å². The van der Waals surface area contributed by atoms with Crippen molar-refractivity contribution in [1.29, 1.82) is 0 Å². The van der Waals surface area contributed by atoms with Gasteiger partial charge >= 0.3 is 10.8 Å². The number of hydrogen-bond acceptors (Lipinski definition) is 4. The summed E-state index contributed by atoms with van der Waals surface area (Å²) in [4.78, 5) is 24.1. The number of aromatic nitrogens is 1. The smallest absolute Gasteiger partial charge is 0.312 e. The maximum Gasteiger partial charge on any atom is 0.312 e. The van der Waals surface area contributed by atoms with Crippen molar-refractivity contribution >= 4 is 33.2 Å². The van der Waals surface area contributed by atoms with Crippen molar-refractivity contribution < 1.29 is 9.90 Å². The summed E-state index contributed by atoms with van der Waals surface area (Å²) in [6, 6.07) is 5.45. The molecule has 2 aliphatic carbocycles. The molecule has 0 bridgehead atoms. The maximum absolute atomic E-state index is 12.5. The number of carboxylic acids is 1. The minimum absolute atomic E-state index is 0.0200. The molecule has 5 nitrogen and oxygen atoms in total. The molecule has 4 rings (SSSR count). The van der Waals surface area contributed by atoms with Gasteiger partial charge in [0.25, 0.3) is 0 Å². The van der Waals surface area contributed by atoms with Crippen molar-refractivity contribution in [2.75, 3.05) is 5.32 Å². The van der Waals surface area contributed by atoms with Crippen LogP contribution in [0.5, 0.6) is 0 Å². The van der Waals surface area contributed by atoms with E-state index in [0.29, 0.717) is 6.54 Å². The number of carbonyl (C=O) groups is 1. The molecule has 1 aromatic heterocycles. The van der Waals surface area contributed by atoms with Gasteiger partial charge in [-0.25, -0.2) is 0 Å². The quantitative estimate of drug-likeness (QED) is 0.792. The van der Waals surface area contributed by atoms with Crippen LogP contribution in [0.3, 0.4) is 0 Å². The largest absolute Gasteiger partial charge is 0.481 e. The second-order valence-corrected chi connectivity index (χ2v) is 8.19. The first kappa shape index (κ1) is 18.5. The van der Waals surface area contributed by atoms with Crippen molar-refractivity contribution in [3.05, 3.63) is 75.5 Å². The standard InChI is InChI=1S/C22H22N2O3S/c1-14-7-9-18(17(11-14)21(25)26)23-16-8-10-19-20(12-16)28-22(27)24(19)13-15-5-3-2-4-6-15/h3,5-12,17-18,23H,2,4,13H2,1H3,(H,25,26). The van der Waals surface area contributed by atoms with Crippen LogP contribution in [0.25, 0.3) is 10.2 Å². The Morgan fingerprint density at radius 1 is 1.32 bits per heavy atom. The molecule has 0 radical (unpaired) electrons. The van der Waals surface area contributed by atoms with E-state index in [1.165, 1.54) is 11.3 Å². The predicted octanol–water partition coefficient (Wildman–Crippen LogP) is 4.34. The number of benzene rings is 1. The number of allylic oxidation sites excluding steroid dienone is 6. The molecule has 0 saturated heterocycles. The normalized spacial score (nSPS) is 21.5. The summed E-state index contributed by atoms with van der Waals surface area (Å²) in [7, 11) is 0. The Kier molecular flexibility index (Phi) is 5.05. The van der Waals surface area contributed by atoms with E-state index in [4.69, 9.17) is 0 Å². The first-order valence-electron chi connectivity index (χ1n) is 9.36. The van der Waals surface area contributed by atoms with Crippen LogP contribution in [0.4, 0.5) is 5.69 Å². The molecule has 2 N–H and O–H groups in total. The second kappa shape index (κ2) is 7.64. The van der Waals surface area contributed by atoms with E-state index in [1.54, 1.807) is 10.6 Å². The van der Waals surface area contributed by atoms with Gasteiger partial charge in [-0.15, -0.1) is 0 Å². The van der Waals surface area contributed by atoms with Gasteiger partial charge in [0.15, 0.2) is 0 Å². The zero-order valence-electron chi connectivity index (χ0n) is 15.6. The van der Waals surface area contributed by atoms with E-state index in [1.807, 2.05) is 37.3 Å². The minimum Gasteiger partial charge on any atom is -0.481 e. The molecular formula is C22H22N2O3S. The summed E-state index contributed by atoms with van der Waals surface area (Å²) in [6.45, 7) is 2.48. The lowest BCUT2D eigenvalue weighted by atomic mass is 9.92.